The Morgan fingerprint density at radius 2 is 2.24 bits per heavy atom. The monoisotopic (exact) mass is 312 g/mol. The molecule has 4 nitrogen and oxygen atoms in total. The number of benzene rings is 1. The van der Waals surface area contributed by atoms with Gasteiger partial charge in [0.2, 0.25) is 0 Å². The number of hydrogen-bond donors (Lipinski definition) is 1. The van der Waals surface area contributed by atoms with E-state index in [4.69, 9.17) is 5.73 Å². The third kappa shape index (κ3) is 2.88. The van der Waals surface area contributed by atoms with Crippen LogP contribution in [0.25, 0.3) is 0 Å². The van der Waals surface area contributed by atoms with Crippen LogP contribution in [0.1, 0.15) is 18.5 Å². The van der Waals surface area contributed by atoms with Crippen molar-refractivity contribution in [2.75, 3.05) is 0 Å². The minimum atomic E-state index is 0.0262. The standard InChI is InChI=1S/C11H13BrN4S/c1-7(13)9-4-3-8(5-10(9)12)17-11-15-14-6-16(11)2/h3-7H,13H2,1-2H3/t7-/m1/s1. The summed E-state index contributed by atoms with van der Waals surface area (Å²) in [6.45, 7) is 1.97. The van der Waals surface area contributed by atoms with Gasteiger partial charge in [-0.1, -0.05) is 22.0 Å². The summed E-state index contributed by atoms with van der Waals surface area (Å²) in [5.41, 5.74) is 6.97. The molecule has 2 aromatic rings. The first-order chi connectivity index (χ1) is 8.08. The Kier molecular flexibility index (Phi) is 3.86. The summed E-state index contributed by atoms with van der Waals surface area (Å²) in [5, 5.41) is 8.75. The maximum Gasteiger partial charge on any atom is 0.195 e. The summed E-state index contributed by atoms with van der Waals surface area (Å²) in [4.78, 5) is 1.11. The fraction of sp³-hybridized carbons (Fsp3) is 0.273. The minimum Gasteiger partial charge on any atom is -0.324 e. The molecule has 1 heterocycles. The first kappa shape index (κ1) is 12.6. The van der Waals surface area contributed by atoms with Crippen LogP contribution in [0.4, 0.5) is 0 Å². The fourth-order valence-corrected chi connectivity index (χ4v) is 3.11. The first-order valence-electron chi connectivity index (χ1n) is 5.15. The Balaban J connectivity index is 2.24. The van der Waals surface area contributed by atoms with Gasteiger partial charge in [-0.05, 0) is 36.4 Å². The lowest BCUT2D eigenvalue weighted by molar-refractivity contribution is 0.788. The van der Waals surface area contributed by atoms with Gasteiger partial charge in [-0.2, -0.15) is 0 Å². The molecule has 1 aromatic carbocycles. The van der Waals surface area contributed by atoms with E-state index in [-0.39, 0.29) is 6.04 Å². The number of hydrogen-bond acceptors (Lipinski definition) is 4. The van der Waals surface area contributed by atoms with Crippen molar-refractivity contribution in [3.05, 3.63) is 34.6 Å². The maximum absolute atomic E-state index is 5.86. The average Bonchev–Trinajstić information content (AvgIpc) is 2.64. The second-order valence-electron chi connectivity index (χ2n) is 3.80. The number of nitrogens with two attached hydrogens (primary N) is 1. The first-order valence-corrected chi connectivity index (χ1v) is 6.75. The van der Waals surface area contributed by atoms with E-state index in [1.54, 1.807) is 18.1 Å². The quantitative estimate of drug-likeness (QED) is 0.946. The number of aromatic nitrogens is 3. The summed E-state index contributed by atoms with van der Waals surface area (Å²) in [5.74, 6) is 0. The van der Waals surface area contributed by atoms with E-state index < -0.39 is 0 Å². The van der Waals surface area contributed by atoms with E-state index in [1.165, 1.54) is 0 Å². The van der Waals surface area contributed by atoms with E-state index in [2.05, 4.69) is 32.2 Å². The highest BCUT2D eigenvalue weighted by molar-refractivity contribution is 9.10. The number of aryl methyl sites for hydroxylation is 1. The highest BCUT2D eigenvalue weighted by atomic mass is 79.9. The van der Waals surface area contributed by atoms with Gasteiger partial charge in [0.05, 0.1) is 0 Å². The van der Waals surface area contributed by atoms with Gasteiger partial charge < -0.3 is 10.3 Å². The van der Waals surface area contributed by atoms with Crippen molar-refractivity contribution in [2.45, 2.75) is 23.0 Å². The van der Waals surface area contributed by atoms with Gasteiger partial charge in [-0.15, -0.1) is 10.2 Å². The summed E-state index contributed by atoms with van der Waals surface area (Å²) in [7, 11) is 1.92. The van der Waals surface area contributed by atoms with Crippen molar-refractivity contribution >= 4 is 27.7 Å². The van der Waals surface area contributed by atoms with E-state index in [9.17, 15) is 0 Å². The Hall–Kier alpha value is -0.850. The predicted molar refractivity (Wildman–Crippen MR) is 71.9 cm³/mol. The fourth-order valence-electron chi connectivity index (χ4n) is 1.41. The molecule has 90 valence electrons. The summed E-state index contributed by atoms with van der Waals surface area (Å²) >= 11 is 5.11. The lowest BCUT2D eigenvalue weighted by atomic mass is 10.1. The zero-order chi connectivity index (χ0) is 12.4. The highest BCUT2D eigenvalue weighted by Gasteiger charge is 2.08. The predicted octanol–water partition coefficient (Wildman–Crippen LogP) is 2.75. The van der Waals surface area contributed by atoms with Crippen molar-refractivity contribution in [3.63, 3.8) is 0 Å². The van der Waals surface area contributed by atoms with Crippen LogP contribution in [-0.2, 0) is 7.05 Å². The van der Waals surface area contributed by atoms with Gasteiger partial charge >= 0.3 is 0 Å². The molecule has 0 aliphatic heterocycles. The molecule has 2 rings (SSSR count). The van der Waals surface area contributed by atoms with Crippen LogP contribution >= 0.6 is 27.7 Å². The molecular weight excluding hydrogens is 300 g/mol. The molecule has 0 saturated carbocycles. The highest BCUT2D eigenvalue weighted by Crippen LogP contribution is 2.31. The Morgan fingerprint density at radius 1 is 1.47 bits per heavy atom. The van der Waals surface area contributed by atoms with E-state index in [1.807, 2.05) is 30.7 Å². The van der Waals surface area contributed by atoms with Crippen LogP contribution in [0, 0.1) is 0 Å². The van der Waals surface area contributed by atoms with E-state index in [0.29, 0.717) is 0 Å². The maximum atomic E-state index is 5.86. The van der Waals surface area contributed by atoms with Crippen molar-refractivity contribution in [2.24, 2.45) is 12.8 Å². The molecule has 6 heteroatoms. The average molecular weight is 313 g/mol. The SMILES string of the molecule is C[C@@H](N)c1ccc(Sc2nncn2C)cc1Br. The van der Waals surface area contributed by atoms with Gasteiger partial charge in [0.1, 0.15) is 6.33 Å². The Bertz CT molecular complexity index is 524. The van der Waals surface area contributed by atoms with Gasteiger partial charge in [0, 0.05) is 22.5 Å². The third-order valence-corrected chi connectivity index (χ3v) is 4.07. The smallest absolute Gasteiger partial charge is 0.195 e. The molecule has 0 unspecified atom stereocenters. The second kappa shape index (κ2) is 5.20. The zero-order valence-electron chi connectivity index (χ0n) is 9.59. The number of rotatable bonds is 3. The van der Waals surface area contributed by atoms with Crippen molar-refractivity contribution in [1.82, 2.24) is 14.8 Å². The van der Waals surface area contributed by atoms with Gasteiger partial charge in [-0.3, -0.25) is 0 Å². The summed E-state index contributed by atoms with van der Waals surface area (Å²) in [6.07, 6.45) is 1.69. The number of nitrogens with zero attached hydrogens (tertiary/aromatic N) is 3. The molecule has 0 aliphatic rings. The Morgan fingerprint density at radius 3 is 2.76 bits per heavy atom. The minimum absolute atomic E-state index is 0.0262. The largest absolute Gasteiger partial charge is 0.324 e. The van der Waals surface area contributed by atoms with Crippen molar-refractivity contribution in [3.8, 4) is 0 Å². The molecule has 0 bridgehead atoms. The van der Waals surface area contributed by atoms with Crippen LogP contribution in [-0.4, -0.2) is 14.8 Å². The lowest BCUT2D eigenvalue weighted by Gasteiger charge is -2.09. The summed E-state index contributed by atoms with van der Waals surface area (Å²) < 4.78 is 2.91. The van der Waals surface area contributed by atoms with Crippen LogP contribution in [0.2, 0.25) is 0 Å². The summed E-state index contributed by atoms with van der Waals surface area (Å²) in [6, 6.07) is 6.16. The molecule has 0 fully saturated rings. The van der Waals surface area contributed by atoms with Gasteiger partial charge in [-0.25, -0.2) is 0 Å². The molecule has 0 spiro atoms. The molecule has 1 atom stereocenters. The topological polar surface area (TPSA) is 56.7 Å². The van der Waals surface area contributed by atoms with Crippen LogP contribution in [0.5, 0.6) is 0 Å². The molecule has 0 radical (unpaired) electrons. The molecule has 0 aliphatic carbocycles. The number of halogens is 1. The van der Waals surface area contributed by atoms with Gasteiger partial charge in [0.25, 0.3) is 0 Å². The molecule has 17 heavy (non-hydrogen) atoms. The lowest BCUT2D eigenvalue weighted by Crippen LogP contribution is -2.05. The van der Waals surface area contributed by atoms with Crippen molar-refractivity contribution in [1.29, 1.82) is 0 Å². The molecule has 2 N–H and O–H groups in total. The third-order valence-electron chi connectivity index (χ3n) is 2.34. The van der Waals surface area contributed by atoms with Gasteiger partial charge in [0.15, 0.2) is 5.16 Å². The van der Waals surface area contributed by atoms with E-state index >= 15 is 0 Å². The zero-order valence-corrected chi connectivity index (χ0v) is 12.0. The molecular formula is C11H13BrN4S. The van der Waals surface area contributed by atoms with Crippen LogP contribution in [0.15, 0.2) is 39.1 Å². The van der Waals surface area contributed by atoms with Crippen LogP contribution < -0.4 is 5.73 Å². The molecule has 0 amide bonds. The second-order valence-corrected chi connectivity index (χ2v) is 5.69. The molecule has 1 aromatic heterocycles. The van der Waals surface area contributed by atoms with Crippen LogP contribution in [0.3, 0.4) is 0 Å². The Labute approximate surface area is 113 Å². The van der Waals surface area contributed by atoms with E-state index in [0.717, 1.165) is 20.1 Å². The molecule has 0 saturated heterocycles. The van der Waals surface area contributed by atoms with Crippen molar-refractivity contribution < 1.29 is 0 Å². The normalized spacial score (nSPS) is 12.7.